The van der Waals surface area contributed by atoms with Crippen molar-refractivity contribution in [3.8, 4) is 0 Å². The fraction of sp³-hybridized carbons (Fsp3) is 0.250. The van der Waals surface area contributed by atoms with Crippen molar-refractivity contribution in [3.63, 3.8) is 0 Å². The number of carboxylic acid groups (broad SMARTS) is 1. The van der Waals surface area contributed by atoms with E-state index in [-0.39, 0.29) is 11.5 Å². The zero-order valence-electron chi connectivity index (χ0n) is 13.6. The molecular formula is C16H18N4O4. The van der Waals surface area contributed by atoms with Crippen molar-refractivity contribution in [2.45, 2.75) is 26.3 Å². The predicted octanol–water partition coefficient (Wildman–Crippen LogP) is 4.02. The molecule has 0 spiro atoms. The van der Waals surface area contributed by atoms with Crippen molar-refractivity contribution in [2.24, 2.45) is 0 Å². The van der Waals surface area contributed by atoms with Crippen molar-refractivity contribution < 1.29 is 14.8 Å². The molecular weight excluding hydrogens is 312 g/mol. The van der Waals surface area contributed by atoms with Crippen LogP contribution in [0.3, 0.4) is 0 Å². The molecule has 0 aliphatic heterocycles. The third kappa shape index (κ3) is 3.78. The van der Waals surface area contributed by atoms with E-state index in [1.165, 1.54) is 23.2 Å². The van der Waals surface area contributed by atoms with Crippen molar-refractivity contribution in [2.75, 3.05) is 10.2 Å². The van der Waals surface area contributed by atoms with Crippen molar-refractivity contribution in [1.82, 2.24) is 4.98 Å². The number of hydrogen-bond acceptors (Lipinski definition) is 5. The van der Waals surface area contributed by atoms with Crippen molar-refractivity contribution >= 4 is 29.0 Å². The second kappa shape index (κ2) is 6.53. The molecule has 1 amide bonds. The van der Waals surface area contributed by atoms with Crippen LogP contribution in [0.4, 0.5) is 27.7 Å². The second-order valence-corrected chi connectivity index (χ2v) is 6.09. The molecule has 8 heteroatoms. The smallest absolute Gasteiger partial charge is 0.412 e. The highest BCUT2D eigenvalue weighted by Crippen LogP contribution is 2.28. The highest BCUT2D eigenvalue weighted by atomic mass is 16.6. The fourth-order valence-corrected chi connectivity index (χ4v) is 2.26. The summed E-state index contributed by atoms with van der Waals surface area (Å²) in [6.07, 6.45) is 0.402. The van der Waals surface area contributed by atoms with E-state index in [0.717, 1.165) is 0 Å². The Bertz CT molecular complexity index is 753. The Morgan fingerprint density at radius 2 is 1.88 bits per heavy atom. The number of pyridine rings is 1. The van der Waals surface area contributed by atoms with Gasteiger partial charge in [0, 0.05) is 29.2 Å². The SMILES string of the molecule is CC(C)(C)N(C(=O)O)c1ccc(Nc2ncccc2[N+](=O)[O-])cc1. The van der Waals surface area contributed by atoms with Gasteiger partial charge in [-0.2, -0.15) is 0 Å². The Morgan fingerprint density at radius 1 is 1.25 bits per heavy atom. The monoisotopic (exact) mass is 330 g/mol. The Labute approximate surface area is 138 Å². The molecule has 2 rings (SSSR count). The summed E-state index contributed by atoms with van der Waals surface area (Å²) in [5.41, 5.74) is 0.347. The summed E-state index contributed by atoms with van der Waals surface area (Å²) in [6, 6.07) is 9.41. The lowest BCUT2D eigenvalue weighted by molar-refractivity contribution is -0.384. The van der Waals surface area contributed by atoms with Crippen LogP contribution in [0.15, 0.2) is 42.6 Å². The molecule has 24 heavy (non-hydrogen) atoms. The van der Waals surface area contributed by atoms with Crippen LogP contribution < -0.4 is 10.2 Å². The van der Waals surface area contributed by atoms with Gasteiger partial charge < -0.3 is 10.4 Å². The zero-order valence-corrected chi connectivity index (χ0v) is 13.6. The van der Waals surface area contributed by atoms with Gasteiger partial charge in [0.2, 0.25) is 5.82 Å². The number of rotatable bonds is 4. The highest BCUT2D eigenvalue weighted by molar-refractivity contribution is 5.88. The van der Waals surface area contributed by atoms with E-state index in [4.69, 9.17) is 0 Å². The lowest BCUT2D eigenvalue weighted by atomic mass is 10.1. The van der Waals surface area contributed by atoms with Gasteiger partial charge in [0.05, 0.1) is 4.92 Å². The first kappa shape index (κ1) is 17.2. The van der Waals surface area contributed by atoms with Crippen LogP contribution in [0, 0.1) is 10.1 Å². The Morgan fingerprint density at radius 3 is 2.38 bits per heavy atom. The molecule has 8 nitrogen and oxygen atoms in total. The molecule has 0 atom stereocenters. The summed E-state index contributed by atoms with van der Waals surface area (Å²) in [5, 5.41) is 23.3. The Kier molecular flexibility index (Phi) is 4.68. The number of nitrogens with one attached hydrogen (secondary N) is 1. The van der Waals surface area contributed by atoms with E-state index in [1.54, 1.807) is 45.0 Å². The van der Waals surface area contributed by atoms with Crippen molar-refractivity contribution in [1.29, 1.82) is 0 Å². The maximum atomic E-state index is 11.5. The quantitative estimate of drug-likeness (QED) is 0.647. The average molecular weight is 330 g/mol. The van der Waals surface area contributed by atoms with Gasteiger partial charge in [-0.15, -0.1) is 0 Å². The zero-order chi connectivity index (χ0) is 17.9. The highest BCUT2D eigenvalue weighted by Gasteiger charge is 2.27. The van der Waals surface area contributed by atoms with Gasteiger partial charge in [0.1, 0.15) is 0 Å². The normalized spacial score (nSPS) is 11.0. The first-order valence-electron chi connectivity index (χ1n) is 7.20. The molecule has 0 radical (unpaired) electrons. The minimum absolute atomic E-state index is 0.126. The maximum absolute atomic E-state index is 11.5. The molecule has 2 aromatic rings. The maximum Gasteiger partial charge on any atom is 0.412 e. The summed E-state index contributed by atoms with van der Waals surface area (Å²) >= 11 is 0. The molecule has 0 aliphatic carbocycles. The predicted molar refractivity (Wildman–Crippen MR) is 90.9 cm³/mol. The molecule has 0 aliphatic rings. The van der Waals surface area contributed by atoms with Crippen LogP contribution in [0.2, 0.25) is 0 Å². The standard InChI is InChI=1S/C16H18N4O4/c1-16(2,3)19(15(21)22)12-8-6-11(7-9-12)18-14-13(20(23)24)5-4-10-17-14/h4-10H,1-3H3,(H,17,18)(H,21,22). The van der Waals surface area contributed by atoms with Crippen LogP contribution in [-0.4, -0.2) is 26.6 Å². The number of benzene rings is 1. The first-order valence-corrected chi connectivity index (χ1v) is 7.20. The van der Waals surface area contributed by atoms with E-state index < -0.39 is 16.6 Å². The lowest BCUT2D eigenvalue weighted by Crippen LogP contribution is -2.45. The molecule has 1 aromatic heterocycles. The molecule has 0 saturated heterocycles. The largest absolute Gasteiger partial charge is 0.465 e. The summed E-state index contributed by atoms with van der Waals surface area (Å²) in [7, 11) is 0. The molecule has 0 fully saturated rings. The molecule has 1 heterocycles. The van der Waals surface area contributed by atoms with Gasteiger partial charge >= 0.3 is 11.8 Å². The minimum atomic E-state index is -1.05. The summed E-state index contributed by atoms with van der Waals surface area (Å²) < 4.78 is 0. The number of aromatic nitrogens is 1. The van der Waals surface area contributed by atoms with E-state index in [0.29, 0.717) is 11.4 Å². The molecule has 0 unspecified atom stereocenters. The minimum Gasteiger partial charge on any atom is -0.465 e. The first-order chi connectivity index (χ1) is 11.2. The van der Waals surface area contributed by atoms with Gasteiger partial charge in [-0.1, -0.05) is 0 Å². The summed E-state index contributed by atoms with van der Waals surface area (Å²) in [6.45, 7) is 5.39. The van der Waals surface area contributed by atoms with E-state index >= 15 is 0 Å². The van der Waals surface area contributed by atoms with E-state index in [2.05, 4.69) is 10.3 Å². The summed E-state index contributed by atoms with van der Waals surface area (Å²) in [5.74, 6) is 0.126. The average Bonchev–Trinajstić information content (AvgIpc) is 2.47. The van der Waals surface area contributed by atoms with Gasteiger partial charge in [-0.25, -0.2) is 9.78 Å². The molecule has 1 aromatic carbocycles. The molecule has 0 bridgehead atoms. The van der Waals surface area contributed by atoms with Crippen LogP contribution in [-0.2, 0) is 0 Å². The van der Waals surface area contributed by atoms with Crippen molar-refractivity contribution in [3.05, 3.63) is 52.7 Å². The molecule has 2 N–H and O–H groups in total. The summed E-state index contributed by atoms with van der Waals surface area (Å²) in [4.78, 5) is 27.2. The van der Waals surface area contributed by atoms with E-state index in [9.17, 15) is 20.0 Å². The van der Waals surface area contributed by atoms with Crippen LogP contribution in [0.5, 0.6) is 0 Å². The Hall–Kier alpha value is -3.16. The fourth-order valence-electron chi connectivity index (χ4n) is 2.26. The Balaban J connectivity index is 2.28. The third-order valence-corrected chi connectivity index (χ3v) is 3.23. The molecule has 0 saturated carbocycles. The third-order valence-electron chi connectivity index (χ3n) is 3.23. The van der Waals surface area contributed by atoms with Gasteiger partial charge in [0.15, 0.2) is 0 Å². The number of nitro groups is 1. The molecule has 126 valence electrons. The van der Waals surface area contributed by atoms with Gasteiger partial charge in [-0.05, 0) is 51.1 Å². The van der Waals surface area contributed by atoms with Crippen LogP contribution in [0.25, 0.3) is 0 Å². The topological polar surface area (TPSA) is 109 Å². The van der Waals surface area contributed by atoms with Crippen LogP contribution in [0.1, 0.15) is 20.8 Å². The number of nitrogens with zero attached hydrogens (tertiary/aromatic N) is 3. The second-order valence-electron chi connectivity index (χ2n) is 6.09. The van der Waals surface area contributed by atoms with Gasteiger partial charge in [0.25, 0.3) is 0 Å². The number of amides is 1. The number of carbonyl (C=O) groups is 1. The van der Waals surface area contributed by atoms with Crippen LogP contribution >= 0.6 is 0 Å². The number of hydrogen-bond donors (Lipinski definition) is 2. The number of anilines is 3. The van der Waals surface area contributed by atoms with E-state index in [1.807, 2.05) is 0 Å². The lowest BCUT2D eigenvalue weighted by Gasteiger charge is -2.33. The van der Waals surface area contributed by atoms with Gasteiger partial charge in [-0.3, -0.25) is 15.0 Å².